The summed E-state index contributed by atoms with van der Waals surface area (Å²) in [5.74, 6) is 7.30. The number of H-pyrrole nitrogens is 2. The second kappa shape index (κ2) is 15.4. The molecule has 10 nitrogen and oxygen atoms in total. The number of rotatable bonds is 8. The van der Waals surface area contributed by atoms with Crippen molar-refractivity contribution in [2.24, 2.45) is 0 Å². The molecule has 4 unspecified atom stereocenters. The van der Waals surface area contributed by atoms with Gasteiger partial charge in [-0.2, -0.15) is 0 Å². The molecule has 4 aromatic carbocycles. The summed E-state index contributed by atoms with van der Waals surface area (Å²) in [6, 6.07) is 33.5. The third-order valence-electron chi connectivity index (χ3n) is 10.3. The van der Waals surface area contributed by atoms with Crippen LogP contribution in [0.3, 0.4) is 0 Å². The summed E-state index contributed by atoms with van der Waals surface area (Å²) < 4.78 is 0. The van der Waals surface area contributed by atoms with Crippen LogP contribution in [0.25, 0.3) is 22.5 Å². The van der Waals surface area contributed by atoms with Gasteiger partial charge < -0.3 is 30.0 Å². The monoisotopic (exact) mass is 716 g/mol. The molecule has 6 aromatic rings. The molecule has 270 valence electrons. The smallest absolute Gasteiger partial charge is 0.256 e. The quantitative estimate of drug-likeness (QED) is 0.130. The predicted octanol–water partition coefficient (Wildman–Crippen LogP) is 6.66. The van der Waals surface area contributed by atoms with Crippen LogP contribution in [0.15, 0.2) is 122 Å². The molecule has 2 fully saturated rings. The molecule has 8 rings (SSSR count). The minimum absolute atomic E-state index is 0.218. The fraction of sp³-hybridized carbons (Fsp3) is 0.227. The fourth-order valence-electron chi connectivity index (χ4n) is 7.42. The lowest BCUT2D eigenvalue weighted by Crippen LogP contribution is -2.35. The van der Waals surface area contributed by atoms with Gasteiger partial charge in [0.05, 0.1) is 35.9 Å². The second-order valence-electron chi connectivity index (χ2n) is 13.8. The third kappa shape index (κ3) is 7.20. The van der Waals surface area contributed by atoms with Crippen LogP contribution in [-0.4, -0.2) is 64.9 Å². The van der Waals surface area contributed by atoms with Crippen molar-refractivity contribution >= 4 is 11.8 Å². The molecule has 0 saturated carbocycles. The maximum atomic E-state index is 13.2. The van der Waals surface area contributed by atoms with Crippen LogP contribution >= 0.6 is 0 Å². The molecule has 2 saturated heterocycles. The topological polar surface area (TPSA) is 138 Å². The number of carbonyl (C=O) groups is 2. The molecule has 4 atom stereocenters. The van der Waals surface area contributed by atoms with E-state index in [0.717, 1.165) is 59.3 Å². The summed E-state index contributed by atoms with van der Waals surface area (Å²) in [6.45, 7) is 1.16. The fourth-order valence-corrected chi connectivity index (χ4v) is 7.42. The Bertz CT molecular complexity index is 2130. The molecule has 0 bridgehead atoms. The highest BCUT2D eigenvalue weighted by Crippen LogP contribution is 2.35. The van der Waals surface area contributed by atoms with Gasteiger partial charge in [0.15, 0.2) is 12.2 Å². The normalized spacial score (nSPS) is 17.9. The summed E-state index contributed by atoms with van der Waals surface area (Å²) in [5.41, 5.74) is 6.53. The number of amides is 2. The van der Waals surface area contributed by atoms with E-state index in [-0.39, 0.29) is 23.9 Å². The number of likely N-dealkylation sites (tertiary alicyclic amines) is 2. The Morgan fingerprint density at radius 1 is 0.593 bits per heavy atom. The molecule has 2 amide bonds. The van der Waals surface area contributed by atoms with Gasteiger partial charge >= 0.3 is 0 Å². The average molecular weight is 717 g/mol. The Kier molecular flexibility index (Phi) is 9.90. The molecule has 2 aromatic heterocycles. The Labute approximate surface area is 313 Å². The van der Waals surface area contributed by atoms with Crippen molar-refractivity contribution in [3.05, 3.63) is 155 Å². The summed E-state index contributed by atoms with van der Waals surface area (Å²) in [4.78, 5) is 46.0. The van der Waals surface area contributed by atoms with E-state index in [1.54, 1.807) is 46.5 Å². The number of nitrogens with one attached hydrogen (secondary N) is 2. The summed E-state index contributed by atoms with van der Waals surface area (Å²) in [6.07, 6.45) is 4.42. The maximum Gasteiger partial charge on any atom is 0.256 e. The first-order chi connectivity index (χ1) is 26.4. The lowest BCUT2D eigenvalue weighted by atomic mass is 10.1. The maximum absolute atomic E-state index is 13.2. The zero-order chi connectivity index (χ0) is 37.0. The van der Waals surface area contributed by atoms with Gasteiger partial charge in [-0.25, -0.2) is 9.97 Å². The van der Waals surface area contributed by atoms with Crippen LogP contribution in [0.1, 0.15) is 83.9 Å². The minimum atomic E-state index is -1.20. The van der Waals surface area contributed by atoms with Gasteiger partial charge in [0.1, 0.15) is 11.6 Å². The van der Waals surface area contributed by atoms with E-state index in [1.165, 1.54) is 0 Å². The number of hydrogen-bond acceptors (Lipinski definition) is 6. The summed E-state index contributed by atoms with van der Waals surface area (Å²) >= 11 is 0. The zero-order valence-corrected chi connectivity index (χ0v) is 29.6. The molecular weight excluding hydrogens is 677 g/mol. The first-order valence-corrected chi connectivity index (χ1v) is 18.3. The van der Waals surface area contributed by atoms with Gasteiger partial charge in [-0.05, 0) is 72.2 Å². The molecule has 4 heterocycles. The molecule has 10 heteroatoms. The zero-order valence-electron chi connectivity index (χ0n) is 29.6. The van der Waals surface area contributed by atoms with Crippen LogP contribution in [0.5, 0.6) is 0 Å². The highest BCUT2D eigenvalue weighted by Gasteiger charge is 2.36. The molecule has 0 radical (unpaired) electrons. The van der Waals surface area contributed by atoms with E-state index >= 15 is 0 Å². The number of aromatic amines is 2. The van der Waals surface area contributed by atoms with Gasteiger partial charge in [0.25, 0.3) is 11.8 Å². The second-order valence-corrected chi connectivity index (χ2v) is 13.8. The van der Waals surface area contributed by atoms with E-state index in [1.807, 2.05) is 84.9 Å². The number of hydrogen-bond donors (Lipinski definition) is 4. The highest BCUT2D eigenvalue weighted by atomic mass is 16.3. The number of nitrogens with zero attached hydrogens (tertiary/aromatic N) is 4. The first kappa shape index (κ1) is 34.8. The number of carbonyl (C=O) groups excluding carboxylic acids is 2. The van der Waals surface area contributed by atoms with Crippen molar-refractivity contribution in [3.8, 4) is 34.4 Å². The van der Waals surface area contributed by atoms with E-state index < -0.39 is 12.2 Å². The van der Waals surface area contributed by atoms with Crippen LogP contribution in [0, 0.1) is 11.8 Å². The summed E-state index contributed by atoms with van der Waals surface area (Å²) in [5, 5.41) is 21.5. The van der Waals surface area contributed by atoms with Gasteiger partial charge in [-0.1, -0.05) is 96.8 Å². The number of aliphatic hydroxyl groups excluding tert-OH is 2. The largest absolute Gasteiger partial charge is 0.378 e. The van der Waals surface area contributed by atoms with Crippen molar-refractivity contribution in [1.29, 1.82) is 0 Å². The van der Waals surface area contributed by atoms with Gasteiger partial charge in [-0.3, -0.25) is 9.59 Å². The number of aromatic nitrogens is 4. The number of imidazole rings is 2. The lowest BCUT2D eigenvalue weighted by Gasteiger charge is -2.25. The van der Waals surface area contributed by atoms with Gasteiger partial charge in [-0.15, -0.1) is 0 Å². The first-order valence-electron chi connectivity index (χ1n) is 18.3. The third-order valence-corrected chi connectivity index (χ3v) is 10.3. The number of benzene rings is 4. The Balaban J connectivity index is 0.891. The Hall–Kier alpha value is -6.28. The lowest BCUT2D eigenvalue weighted by molar-refractivity contribution is -0.142. The Morgan fingerprint density at radius 2 is 0.981 bits per heavy atom. The van der Waals surface area contributed by atoms with E-state index in [0.29, 0.717) is 35.9 Å². The molecule has 0 spiro atoms. The van der Waals surface area contributed by atoms with Crippen LogP contribution in [-0.2, 0) is 9.59 Å². The van der Waals surface area contributed by atoms with Crippen molar-refractivity contribution in [3.63, 3.8) is 0 Å². The van der Waals surface area contributed by atoms with E-state index in [9.17, 15) is 19.8 Å². The standard InChI is InChI=1S/C44H40N6O4/c51-39(33-9-3-1-4-10-33)43(53)49-25-7-13-37(49)41-45-27-35(47-41)31-21-17-29(18-22-31)15-16-30-19-23-32(24-20-30)36-28-46-42(48-36)38-14-8-26-50(38)44(54)40(52)34-11-5-2-6-12-34/h1-6,9-12,17-24,27-28,37-40,51-52H,7-8,13-14,25-26H2,(H,45,47)(H,46,48). The van der Waals surface area contributed by atoms with Crippen molar-refractivity contribution in [2.45, 2.75) is 50.0 Å². The molecule has 0 aliphatic carbocycles. The molecule has 54 heavy (non-hydrogen) atoms. The van der Waals surface area contributed by atoms with E-state index in [2.05, 4.69) is 31.8 Å². The number of aliphatic hydroxyl groups is 2. The Morgan fingerprint density at radius 3 is 1.37 bits per heavy atom. The van der Waals surface area contributed by atoms with Crippen molar-refractivity contribution in [2.75, 3.05) is 13.1 Å². The SMILES string of the molecule is O=C(C(O)c1ccccc1)N1CCCC1c1ncc(-c2ccc(C#Cc3ccc(-c4cnc(C5CCCN5C(=O)C(O)c5ccccc5)[nH]4)cc3)cc2)[nH]1. The molecule has 4 N–H and O–H groups in total. The molecule has 2 aliphatic rings. The molecular formula is C44H40N6O4. The average Bonchev–Trinajstić information content (AvgIpc) is 4.07. The highest BCUT2D eigenvalue weighted by molar-refractivity contribution is 5.83. The molecule has 2 aliphatic heterocycles. The predicted molar refractivity (Wildman–Crippen MR) is 204 cm³/mol. The van der Waals surface area contributed by atoms with Crippen LogP contribution in [0.4, 0.5) is 0 Å². The van der Waals surface area contributed by atoms with Crippen LogP contribution in [0.2, 0.25) is 0 Å². The van der Waals surface area contributed by atoms with Crippen LogP contribution < -0.4 is 0 Å². The van der Waals surface area contributed by atoms with Gasteiger partial charge in [0.2, 0.25) is 0 Å². The van der Waals surface area contributed by atoms with E-state index in [4.69, 9.17) is 0 Å². The summed E-state index contributed by atoms with van der Waals surface area (Å²) in [7, 11) is 0. The van der Waals surface area contributed by atoms with Crippen molar-refractivity contribution < 1.29 is 19.8 Å². The van der Waals surface area contributed by atoms with Crippen molar-refractivity contribution in [1.82, 2.24) is 29.7 Å². The minimum Gasteiger partial charge on any atom is -0.378 e. The van der Waals surface area contributed by atoms with Gasteiger partial charge in [0, 0.05) is 24.2 Å².